The summed E-state index contributed by atoms with van der Waals surface area (Å²) in [7, 11) is 0. The Hall–Kier alpha value is -1.73. The standard InChI is InChI=1S/C12H10F3NO2S/c13-12(14,15)18-7-3-4-9(17)8(6-7)11(16)10-2-1-5-19-10/h1-6,11,17H,16H2/t11-/m1/s1. The number of phenolic OH excluding ortho intramolecular Hbond substituents is 1. The fourth-order valence-corrected chi connectivity index (χ4v) is 2.35. The van der Waals surface area contributed by atoms with Gasteiger partial charge in [-0.05, 0) is 29.6 Å². The molecule has 19 heavy (non-hydrogen) atoms. The Labute approximate surface area is 111 Å². The second-order valence-electron chi connectivity index (χ2n) is 3.76. The van der Waals surface area contributed by atoms with Crippen LogP contribution in [0.4, 0.5) is 13.2 Å². The van der Waals surface area contributed by atoms with Crippen LogP contribution in [-0.4, -0.2) is 11.5 Å². The van der Waals surface area contributed by atoms with Crippen molar-refractivity contribution in [1.29, 1.82) is 0 Å². The lowest BCUT2D eigenvalue weighted by Gasteiger charge is -2.15. The number of alkyl halides is 3. The van der Waals surface area contributed by atoms with Crippen molar-refractivity contribution in [1.82, 2.24) is 0 Å². The summed E-state index contributed by atoms with van der Waals surface area (Å²) >= 11 is 1.35. The number of hydrogen-bond acceptors (Lipinski definition) is 4. The van der Waals surface area contributed by atoms with Gasteiger partial charge in [0.1, 0.15) is 11.5 Å². The molecule has 1 heterocycles. The fourth-order valence-electron chi connectivity index (χ4n) is 1.60. The first-order valence-corrected chi connectivity index (χ1v) is 6.12. The van der Waals surface area contributed by atoms with E-state index in [-0.39, 0.29) is 11.3 Å². The van der Waals surface area contributed by atoms with E-state index in [1.165, 1.54) is 11.3 Å². The van der Waals surface area contributed by atoms with E-state index in [1.54, 1.807) is 17.5 Å². The molecular weight excluding hydrogens is 279 g/mol. The van der Waals surface area contributed by atoms with Gasteiger partial charge in [0.2, 0.25) is 0 Å². The van der Waals surface area contributed by atoms with E-state index in [0.29, 0.717) is 0 Å². The second-order valence-corrected chi connectivity index (χ2v) is 4.74. The molecule has 0 amide bonds. The summed E-state index contributed by atoms with van der Waals surface area (Å²) in [4.78, 5) is 0.736. The van der Waals surface area contributed by atoms with E-state index in [1.807, 2.05) is 0 Å². The van der Waals surface area contributed by atoms with Crippen molar-refractivity contribution in [2.24, 2.45) is 5.73 Å². The van der Waals surface area contributed by atoms with Crippen LogP contribution in [-0.2, 0) is 0 Å². The number of phenols is 1. The van der Waals surface area contributed by atoms with Gasteiger partial charge >= 0.3 is 6.36 Å². The van der Waals surface area contributed by atoms with Crippen molar-refractivity contribution in [3.8, 4) is 11.5 Å². The number of aromatic hydroxyl groups is 1. The van der Waals surface area contributed by atoms with Crippen LogP contribution in [0, 0.1) is 0 Å². The van der Waals surface area contributed by atoms with Crippen LogP contribution in [0.3, 0.4) is 0 Å². The van der Waals surface area contributed by atoms with Crippen LogP contribution in [0.2, 0.25) is 0 Å². The number of ether oxygens (including phenoxy) is 1. The highest BCUT2D eigenvalue weighted by molar-refractivity contribution is 7.10. The molecule has 0 aliphatic heterocycles. The highest BCUT2D eigenvalue weighted by atomic mass is 32.1. The number of thiophene rings is 1. The first-order chi connectivity index (χ1) is 8.87. The molecule has 2 rings (SSSR count). The van der Waals surface area contributed by atoms with Crippen molar-refractivity contribution in [3.05, 3.63) is 46.2 Å². The van der Waals surface area contributed by atoms with Crippen LogP contribution < -0.4 is 10.5 Å². The smallest absolute Gasteiger partial charge is 0.508 e. The SMILES string of the molecule is N[C@@H](c1cccs1)c1cc(OC(F)(F)F)ccc1O. The largest absolute Gasteiger partial charge is 0.573 e. The Kier molecular flexibility index (Phi) is 3.68. The van der Waals surface area contributed by atoms with Crippen molar-refractivity contribution in [2.75, 3.05) is 0 Å². The van der Waals surface area contributed by atoms with Gasteiger partial charge in [-0.1, -0.05) is 6.07 Å². The van der Waals surface area contributed by atoms with Gasteiger partial charge in [-0.3, -0.25) is 0 Å². The molecule has 102 valence electrons. The minimum absolute atomic E-state index is 0.171. The molecule has 2 aromatic rings. The highest BCUT2D eigenvalue weighted by Gasteiger charge is 2.31. The molecule has 7 heteroatoms. The van der Waals surface area contributed by atoms with E-state index in [4.69, 9.17) is 5.73 Å². The first-order valence-electron chi connectivity index (χ1n) is 5.24. The van der Waals surface area contributed by atoms with Gasteiger partial charge in [-0.25, -0.2) is 0 Å². The van der Waals surface area contributed by atoms with Gasteiger partial charge in [-0.15, -0.1) is 24.5 Å². The lowest BCUT2D eigenvalue weighted by atomic mass is 10.0. The second kappa shape index (κ2) is 5.10. The average molecular weight is 289 g/mol. The van der Waals surface area contributed by atoms with Crippen LogP contribution in [0.25, 0.3) is 0 Å². The summed E-state index contributed by atoms with van der Waals surface area (Å²) in [6.07, 6.45) is -4.78. The zero-order chi connectivity index (χ0) is 14.0. The molecular formula is C12H10F3NO2S. The molecule has 3 nitrogen and oxygen atoms in total. The van der Waals surface area contributed by atoms with E-state index >= 15 is 0 Å². The van der Waals surface area contributed by atoms with E-state index < -0.39 is 18.2 Å². The normalized spacial score (nSPS) is 13.3. The average Bonchev–Trinajstić information content (AvgIpc) is 2.82. The van der Waals surface area contributed by atoms with Gasteiger partial charge in [0.25, 0.3) is 0 Å². The van der Waals surface area contributed by atoms with Crippen LogP contribution in [0.15, 0.2) is 35.7 Å². The van der Waals surface area contributed by atoms with Gasteiger partial charge in [-0.2, -0.15) is 0 Å². The quantitative estimate of drug-likeness (QED) is 0.910. The molecule has 0 saturated carbocycles. The van der Waals surface area contributed by atoms with E-state index in [2.05, 4.69) is 4.74 Å². The molecule has 0 saturated heterocycles. The topological polar surface area (TPSA) is 55.5 Å². The summed E-state index contributed by atoms with van der Waals surface area (Å²) in [5, 5.41) is 11.5. The lowest BCUT2D eigenvalue weighted by Crippen LogP contribution is -2.18. The van der Waals surface area contributed by atoms with Crippen molar-refractivity contribution in [2.45, 2.75) is 12.4 Å². The van der Waals surface area contributed by atoms with Gasteiger partial charge in [0.15, 0.2) is 0 Å². The maximum atomic E-state index is 12.1. The lowest BCUT2D eigenvalue weighted by molar-refractivity contribution is -0.274. The molecule has 0 fully saturated rings. The van der Waals surface area contributed by atoms with Crippen LogP contribution in [0.1, 0.15) is 16.5 Å². The molecule has 0 unspecified atom stereocenters. The molecule has 0 spiro atoms. The number of halogens is 3. The molecule has 0 radical (unpaired) electrons. The van der Waals surface area contributed by atoms with E-state index in [9.17, 15) is 18.3 Å². The molecule has 1 atom stereocenters. The predicted molar refractivity (Wildman–Crippen MR) is 65.1 cm³/mol. The molecule has 1 aromatic carbocycles. The third kappa shape index (κ3) is 3.39. The Balaban J connectivity index is 2.32. The Morgan fingerprint density at radius 3 is 2.58 bits per heavy atom. The molecule has 0 aliphatic carbocycles. The summed E-state index contributed by atoms with van der Waals surface area (Å²) in [5.41, 5.74) is 6.09. The van der Waals surface area contributed by atoms with Crippen molar-refractivity contribution in [3.63, 3.8) is 0 Å². The van der Waals surface area contributed by atoms with Gasteiger partial charge in [0, 0.05) is 10.4 Å². The summed E-state index contributed by atoms with van der Waals surface area (Å²) < 4.78 is 40.2. The monoisotopic (exact) mass is 289 g/mol. The number of benzene rings is 1. The minimum atomic E-state index is -4.78. The zero-order valence-electron chi connectivity index (χ0n) is 9.52. The third-order valence-corrected chi connectivity index (χ3v) is 3.37. The van der Waals surface area contributed by atoms with Gasteiger partial charge in [0.05, 0.1) is 6.04 Å². The Bertz CT molecular complexity index is 555. The summed E-state index contributed by atoms with van der Waals surface area (Å²) in [6, 6.07) is 6.07. The van der Waals surface area contributed by atoms with E-state index in [0.717, 1.165) is 23.1 Å². The Morgan fingerprint density at radius 2 is 2.00 bits per heavy atom. The maximum absolute atomic E-state index is 12.1. The molecule has 3 N–H and O–H groups in total. The summed E-state index contributed by atoms with van der Waals surface area (Å²) in [6.45, 7) is 0. The highest BCUT2D eigenvalue weighted by Crippen LogP contribution is 2.34. The number of rotatable bonds is 3. The van der Waals surface area contributed by atoms with Crippen LogP contribution >= 0.6 is 11.3 Å². The Morgan fingerprint density at radius 1 is 1.26 bits per heavy atom. The third-order valence-electron chi connectivity index (χ3n) is 2.42. The number of hydrogen-bond donors (Lipinski definition) is 2. The maximum Gasteiger partial charge on any atom is 0.573 e. The van der Waals surface area contributed by atoms with Crippen LogP contribution in [0.5, 0.6) is 11.5 Å². The van der Waals surface area contributed by atoms with Gasteiger partial charge < -0.3 is 15.6 Å². The predicted octanol–water partition coefficient (Wildman–Crippen LogP) is 3.40. The first kappa shape index (κ1) is 13.7. The molecule has 0 aliphatic rings. The molecule has 1 aromatic heterocycles. The zero-order valence-corrected chi connectivity index (χ0v) is 10.3. The van der Waals surface area contributed by atoms with Crippen molar-refractivity contribution < 1.29 is 23.0 Å². The molecule has 0 bridgehead atoms. The fraction of sp³-hybridized carbons (Fsp3) is 0.167. The van der Waals surface area contributed by atoms with Crippen molar-refractivity contribution >= 4 is 11.3 Å². The summed E-state index contributed by atoms with van der Waals surface area (Å²) in [5.74, 6) is -0.581. The minimum Gasteiger partial charge on any atom is -0.508 e. The number of nitrogens with two attached hydrogens (primary N) is 1.